The fourth-order valence-electron chi connectivity index (χ4n) is 4.85. The number of carbonyl (C=O) groups excluding carboxylic acids is 1. The SMILES string of the molecule is Cc1nc2ccc(-c3ccc4c(c3)CN(C(=O)c3ccc(-c5ccccc5)n3C)CCO4)cc2[nH]1. The highest BCUT2D eigenvalue weighted by atomic mass is 16.5. The zero-order valence-corrected chi connectivity index (χ0v) is 19.8. The molecule has 35 heavy (non-hydrogen) atoms. The van der Waals surface area contributed by atoms with Gasteiger partial charge in [-0.2, -0.15) is 0 Å². The summed E-state index contributed by atoms with van der Waals surface area (Å²) in [6.45, 7) is 3.46. The highest BCUT2D eigenvalue weighted by molar-refractivity contribution is 5.94. The third-order valence-corrected chi connectivity index (χ3v) is 6.67. The zero-order valence-electron chi connectivity index (χ0n) is 19.8. The molecule has 6 rings (SSSR count). The first-order valence-corrected chi connectivity index (χ1v) is 11.8. The van der Waals surface area contributed by atoms with E-state index >= 15 is 0 Å². The average Bonchev–Trinajstić information content (AvgIpc) is 3.36. The van der Waals surface area contributed by atoms with E-state index in [4.69, 9.17) is 4.74 Å². The summed E-state index contributed by atoms with van der Waals surface area (Å²) in [6.07, 6.45) is 0. The molecular formula is C29H26N4O2. The maximum Gasteiger partial charge on any atom is 0.270 e. The second-order valence-electron chi connectivity index (χ2n) is 8.98. The number of aromatic amines is 1. The second-order valence-corrected chi connectivity index (χ2v) is 8.98. The van der Waals surface area contributed by atoms with Crippen molar-refractivity contribution in [2.75, 3.05) is 13.2 Å². The molecule has 0 saturated carbocycles. The maximum absolute atomic E-state index is 13.6. The third-order valence-electron chi connectivity index (χ3n) is 6.67. The molecule has 1 aliphatic rings. The molecule has 2 aromatic heterocycles. The largest absolute Gasteiger partial charge is 0.491 e. The van der Waals surface area contributed by atoms with Crippen LogP contribution in [0.15, 0.2) is 78.9 Å². The van der Waals surface area contributed by atoms with Gasteiger partial charge in [0.25, 0.3) is 5.91 Å². The Morgan fingerprint density at radius 1 is 0.943 bits per heavy atom. The summed E-state index contributed by atoms with van der Waals surface area (Å²) in [7, 11) is 1.95. The summed E-state index contributed by atoms with van der Waals surface area (Å²) in [6, 6.07) is 26.5. The number of hydrogen-bond acceptors (Lipinski definition) is 3. The Bertz CT molecular complexity index is 1550. The Hall–Kier alpha value is -4.32. The second kappa shape index (κ2) is 8.47. The monoisotopic (exact) mass is 462 g/mol. The topological polar surface area (TPSA) is 63.1 Å². The quantitative estimate of drug-likeness (QED) is 0.381. The minimum atomic E-state index is 0.00545. The van der Waals surface area contributed by atoms with Crippen LogP contribution in [0.5, 0.6) is 5.75 Å². The number of nitrogens with zero attached hydrogens (tertiary/aromatic N) is 3. The van der Waals surface area contributed by atoms with Crippen LogP contribution in [0.25, 0.3) is 33.4 Å². The van der Waals surface area contributed by atoms with E-state index in [1.165, 1.54) is 0 Å². The minimum absolute atomic E-state index is 0.00545. The fourth-order valence-corrected chi connectivity index (χ4v) is 4.85. The van der Waals surface area contributed by atoms with Crippen LogP contribution in [0, 0.1) is 6.92 Å². The van der Waals surface area contributed by atoms with Crippen LogP contribution in [-0.2, 0) is 13.6 Å². The molecule has 174 valence electrons. The molecule has 6 heteroatoms. The summed E-state index contributed by atoms with van der Waals surface area (Å²) in [5.74, 6) is 1.74. The number of imidazole rings is 1. The summed E-state index contributed by atoms with van der Waals surface area (Å²) >= 11 is 0. The molecule has 5 aromatic rings. The normalized spacial score (nSPS) is 13.4. The van der Waals surface area contributed by atoms with Gasteiger partial charge < -0.3 is 19.2 Å². The summed E-state index contributed by atoms with van der Waals surface area (Å²) in [4.78, 5) is 23.3. The number of benzene rings is 3. The molecule has 0 radical (unpaired) electrons. The Morgan fingerprint density at radius 2 is 1.74 bits per heavy atom. The van der Waals surface area contributed by atoms with Crippen LogP contribution < -0.4 is 4.74 Å². The van der Waals surface area contributed by atoms with Crippen molar-refractivity contribution in [3.8, 4) is 28.1 Å². The lowest BCUT2D eigenvalue weighted by atomic mass is 10.0. The molecule has 3 heterocycles. The molecule has 0 bridgehead atoms. The fraction of sp³-hybridized carbons (Fsp3) is 0.172. The lowest BCUT2D eigenvalue weighted by molar-refractivity contribution is 0.0724. The van der Waals surface area contributed by atoms with Gasteiger partial charge >= 0.3 is 0 Å². The first-order chi connectivity index (χ1) is 17.1. The van der Waals surface area contributed by atoms with Crippen LogP contribution >= 0.6 is 0 Å². The first kappa shape index (κ1) is 21.2. The number of fused-ring (bicyclic) bond motifs is 2. The number of hydrogen-bond donors (Lipinski definition) is 1. The number of rotatable bonds is 3. The van der Waals surface area contributed by atoms with Crippen molar-refractivity contribution in [3.05, 3.63) is 95.9 Å². The van der Waals surface area contributed by atoms with E-state index in [-0.39, 0.29) is 5.91 Å². The van der Waals surface area contributed by atoms with Crippen molar-refractivity contribution in [3.63, 3.8) is 0 Å². The summed E-state index contributed by atoms with van der Waals surface area (Å²) < 4.78 is 7.99. The Balaban J connectivity index is 1.30. The minimum Gasteiger partial charge on any atom is -0.491 e. The number of amides is 1. The molecule has 3 aromatic carbocycles. The van der Waals surface area contributed by atoms with Crippen LogP contribution in [0.3, 0.4) is 0 Å². The van der Waals surface area contributed by atoms with E-state index in [1.54, 1.807) is 0 Å². The summed E-state index contributed by atoms with van der Waals surface area (Å²) in [5.41, 5.74) is 7.94. The Kier molecular flexibility index (Phi) is 5.14. The first-order valence-electron chi connectivity index (χ1n) is 11.8. The lowest BCUT2D eigenvalue weighted by Crippen LogP contribution is -2.33. The third kappa shape index (κ3) is 3.87. The van der Waals surface area contributed by atoms with Gasteiger partial charge in [-0.25, -0.2) is 4.98 Å². The molecule has 1 N–H and O–H groups in total. The van der Waals surface area contributed by atoms with Gasteiger partial charge in [0.1, 0.15) is 23.9 Å². The van der Waals surface area contributed by atoms with Gasteiger partial charge in [0.15, 0.2) is 0 Å². The molecule has 0 saturated heterocycles. The van der Waals surface area contributed by atoms with E-state index in [2.05, 4.69) is 46.4 Å². The molecule has 1 aliphatic heterocycles. The number of aromatic nitrogens is 3. The van der Waals surface area contributed by atoms with Crippen molar-refractivity contribution in [1.82, 2.24) is 19.4 Å². The number of carbonyl (C=O) groups is 1. The molecule has 0 aliphatic carbocycles. The molecule has 0 spiro atoms. The van der Waals surface area contributed by atoms with Crippen molar-refractivity contribution >= 4 is 16.9 Å². The molecular weight excluding hydrogens is 436 g/mol. The van der Waals surface area contributed by atoms with E-state index in [1.807, 2.05) is 65.9 Å². The highest BCUT2D eigenvalue weighted by Gasteiger charge is 2.24. The zero-order chi connectivity index (χ0) is 23.9. The number of H-pyrrole nitrogens is 1. The van der Waals surface area contributed by atoms with Crippen molar-refractivity contribution < 1.29 is 9.53 Å². The summed E-state index contributed by atoms with van der Waals surface area (Å²) in [5, 5.41) is 0. The van der Waals surface area contributed by atoms with Crippen molar-refractivity contribution in [2.24, 2.45) is 7.05 Å². The van der Waals surface area contributed by atoms with Crippen molar-refractivity contribution in [2.45, 2.75) is 13.5 Å². The smallest absolute Gasteiger partial charge is 0.270 e. The Labute approximate surface area is 203 Å². The van der Waals surface area contributed by atoms with E-state index in [0.717, 1.165) is 50.6 Å². The van der Waals surface area contributed by atoms with Gasteiger partial charge in [-0.1, -0.05) is 42.5 Å². The lowest BCUT2D eigenvalue weighted by Gasteiger charge is -2.21. The van der Waals surface area contributed by atoms with E-state index in [9.17, 15) is 4.79 Å². The van der Waals surface area contributed by atoms with Gasteiger partial charge in [0.2, 0.25) is 0 Å². The van der Waals surface area contributed by atoms with Gasteiger partial charge in [-0.05, 0) is 60.0 Å². The van der Waals surface area contributed by atoms with Gasteiger partial charge in [-0.3, -0.25) is 4.79 Å². The van der Waals surface area contributed by atoms with Crippen LogP contribution in [-0.4, -0.2) is 38.5 Å². The van der Waals surface area contributed by atoms with Crippen LogP contribution in [0.4, 0.5) is 0 Å². The highest BCUT2D eigenvalue weighted by Crippen LogP contribution is 2.31. The molecule has 6 nitrogen and oxygen atoms in total. The van der Waals surface area contributed by atoms with Crippen molar-refractivity contribution in [1.29, 1.82) is 0 Å². The predicted octanol–water partition coefficient (Wildman–Crippen LogP) is 5.58. The van der Waals surface area contributed by atoms with Crippen LogP contribution in [0.1, 0.15) is 21.9 Å². The van der Waals surface area contributed by atoms with Crippen LogP contribution in [0.2, 0.25) is 0 Å². The molecule has 0 fully saturated rings. The van der Waals surface area contributed by atoms with Gasteiger partial charge in [0.05, 0.1) is 17.6 Å². The average molecular weight is 463 g/mol. The molecule has 0 atom stereocenters. The number of nitrogens with one attached hydrogen (secondary N) is 1. The number of ether oxygens (including phenoxy) is 1. The Morgan fingerprint density at radius 3 is 2.60 bits per heavy atom. The van der Waals surface area contributed by atoms with Gasteiger partial charge in [0, 0.05) is 24.8 Å². The van der Waals surface area contributed by atoms with Gasteiger partial charge in [-0.15, -0.1) is 0 Å². The predicted molar refractivity (Wildman–Crippen MR) is 137 cm³/mol. The molecule has 0 unspecified atom stereocenters. The van der Waals surface area contributed by atoms with E-state index < -0.39 is 0 Å². The molecule has 1 amide bonds. The standard InChI is InChI=1S/C29H26N4O2/c1-19-30-24-10-8-22(17-25(24)31-19)21-9-13-28-23(16-21)18-33(14-15-35-28)29(34)27-12-11-26(32(27)2)20-6-4-3-5-7-20/h3-13,16-17H,14-15,18H2,1-2H3,(H,30,31). The number of aryl methyl sites for hydroxylation is 1. The maximum atomic E-state index is 13.6. The van der Waals surface area contributed by atoms with E-state index in [0.29, 0.717) is 25.4 Å².